The summed E-state index contributed by atoms with van der Waals surface area (Å²) in [6.07, 6.45) is 2.11. The van der Waals surface area contributed by atoms with Gasteiger partial charge in [0.25, 0.3) is 5.56 Å². The van der Waals surface area contributed by atoms with Gasteiger partial charge in [0.1, 0.15) is 11.6 Å². The standard InChI is InChI=1S/C21H25N3O4S/c1-5-6-11-29-21-23-18-17(19(25)24-21)16(13-7-9-14(27-3)10-8-13)15(12(2)22-18)20(26)28-4/h7-10,16H,5-6,11H2,1-4H3,(H2,22,23,24,25). The molecule has 8 heteroatoms. The molecule has 1 aliphatic heterocycles. The number of carbonyl (C=O) groups excluding carboxylic acids is 1. The van der Waals surface area contributed by atoms with Crippen molar-refractivity contribution in [3.63, 3.8) is 0 Å². The zero-order valence-corrected chi connectivity index (χ0v) is 17.8. The summed E-state index contributed by atoms with van der Waals surface area (Å²) in [5.41, 5.74) is 1.93. The molecule has 1 aromatic heterocycles. The summed E-state index contributed by atoms with van der Waals surface area (Å²) in [5.74, 6) is 0.969. The summed E-state index contributed by atoms with van der Waals surface area (Å²) in [5, 5.41) is 3.70. The van der Waals surface area contributed by atoms with Gasteiger partial charge in [0.2, 0.25) is 0 Å². The van der Waals surface area contributed by atoms with Crippen molar-refractivity contribution in [2.24, 2.45) is 0 Å². The maximum atomic E-state index is 13.0. The third-order valence-corrected chi connectivity index (χ3v) is 5.77. The first kappa shape index (κ1) is 21.0. The third kappa shape index (κ3) is 4.32. The van der Waals surface area contributed by atoms with Gasteiger partial charge in [-0.3, -0.25) is 4.79 Å². The molecule has 2 heterocycles. The summed E-state index contributed by atoms with van der Waals surface area (Å²) < 4.78 is 10.2. The number of nitrogens with one attached hydrogen (secondary N) is 2. The molecule has 29 heavy (non-hydrogen) atoms. The topological polar surface area (TPSA) is 93.3 Å². The van der Waals surface area contributed by atoms with Crippen LogP contribution in [0.5, 0.6) is 5.75 Å². The van der Waals surface area contributed by atoms with E-state index >= 15 is 0 Å². The number of ether oxygens (including phenoxy) is 2. The van der Waals surface area contributed by atoms with Crippen molar-refractivity contribution in [1.29, 1.82) is 0 Å². The number of aromatic nitrogens is 2. The second-order valence-corrected chi connectivity index (χ2v) is 7.78. The van der Waals surface area contributed by atoms with Crippen LogP contribution in [0.2, 0.25) is 0 Å². The Hall–Kier alpha value is -2.74. The molecule has 0 spiro atoms. The number of benzene rings is 1. The monoisotopic (exact) mass is 415 g/mol. The van der Waals surface area contributed by atoms with Crippen molar-refractivity contribution in [3.8, 4) is 5.75 Å². The number of esters is 1. The van der Waals surface area contributed by atoms with Gasteiger partial charge in [0.15, 0.2) is 5.16 Å². The molecular formula is C21H25N3O4S. The van der Waals surface area contributed by atoms with Crippen LogP contribution in [0.3, 0.4) is 0 Å². The minimum Gasteiger partial charge on any atom is -0.497 e. The van der Waals surface area contributed by atoms with Crippen LogP contribution < -0.4 is 15.6 Å². The largest absolute Gasteiger partial charge is 0.497 e. The van der Waals surface area contributed by atoms with E-state index < -0.39 is 11.9 Å². The van der Waals surface area contributed by atoms with Gasteiger partial charge < -0.3 is 19.8 Å². The highest BCUT2D eigenvalue weighted by Gasteiger charge is 2.36. The lowest BCUT2D eigenvalue weighted by atomic mass is 9.82. The number of carbonyl (C=O) groups is 1. The molecule has 2 aromatic rings. The molecule has 1 aliphatic rings. The zero-order chi connectivity index (χ0) is 21.0. The van der Waals surface area contributed by atoms with E-state index in [0.29, 0.717) is 33.6 Å². The van der Waals surface area contributed by atoms with E-state index in [0.717, 1.165) is 24.2 Å². The molecular weight excluding hydrogens is 390 g/mol. The SMILES string of the molecule is CCCCSc1nc2c(c(=O)[nH]1)C(c1ccc(OC)cc1)C(C(=O)OC)=C(C)N2. The number of methoxy groups -OCH3 is 2. The van der Waals surface area contributed by atoms with Crippen molar-refractivity contribution in [2.45, 2.75) is 37.8 Å². The summed E-state index contributed by atoms with van der Waals surface area (Å²) in [7, 11) is 2.92. The molecule has 0 saturated carbocycles. The van der Waals surface area contributed by atoms with Gasteiger partial charge in [0.05, 0.1) is 31.3 Å². The molecule has 7 nitrogen and oxygen atoms in total. The maximum Gasteiger partial charge on any atom is 0.336 e. The Labute approximate surface area is 173 Å². The summed E-state index contributed by atoms with van der Waals surface area (Å²) in [6, 6.07) is 7.30. The van der Waals surface area contributed by atoms with Crippen molar-refractivity contribution >= 4 is 23.5 Å². The second kappa shape index (κ2) is 9.17. The molecule has 0 bridgehead atoms. The van der Waals surface area contributed by atoms with Crippen LogP contribution in [-0.2, 0) is 9.53 Å². The van der Waals surface area contributed by atoms with Crippen LogP contribution in [-0.4, -0.2) is 35.9 Å². The van der Waals surface area contributed by atoms with E-state index in [1.807, 2.05) is 12.1 Å². The van der Waals surface area contributed by atoms with E-state index in [4.69, 9.17) is 9.47 Å². The highest BCUT2D eigenvalue weighted by molar-refractivity contribution is 7.99. The Balaban J connectivity index is 2.12. The van der Waals surface area contributed by atoms with Gasteiger partial charge >= 0.3 is 5.97 Å². The highest BCUT2D eigenvalue weighted by Crippen LogP contribution is 2.40. The van der Waals surface area contributed by atoms with Crippen LogP contribution >= 0.6 is 11.8 Å². The minimum atomic E-state index is -0.587. The van der Waals surface area contributed by atoms with E-state index in [-0.39, 0.29) is 5.56 Å². The molecule has 1 atom stereocenters. The normalized spacial score (nSPS) is 15.5. The number of thioether (sulfide) groups is 1. The number of nitrogens with zero attached hydrogens (tertiary/aromatic N) is 1. The van der Waals surface area contributed by atoms with Crippen LogP contribution in [0.25, 0.3) is 0 Å². The first-order chi connectivity index (χ1) is 14.0. The van der Waals surface area contributed by atoms with Crippen molar-refractivity contribution in [1.82, 2.24) is 9.97 Å². The molecule has 0 fully saturated rings. The molecule has 0 aliphatic carbocycles. The first-order valence-electron chi connectivity index (χ1n) is 9.47. The van der Waals surface area contributed by atoms with Crippen molar-refractivity contribution in [3.05, 3.63) is 57.0 Å². The maximum absolute atomic E-state index is 13.0. The molecule has 1 aromatic carbocycles. The minimum absolute atomic E-state index is 0.267. The van der Waals surface area contributed by atoms with Gasteiger partial charge in [-0.1, -0.05) is 37.2 Å². The van der Waals surface area contributed by atoms with Gasteiger partial charge in [-0.15, -0.1) is 0 Å². The van der Waals surface area contributed by atoms with Gasteiger partial charge in [-0.2, -0.15) is 0 Å². The molecule has 0 radical (unpaired) electrons. The lowest BCUT2D eigenvalue weighted by Crippen LogP contribution is -2.31. The van der Waals surface area contributed by atoms with Crippen LogP contribution in [0.15, 0.2) is 45.5 Å². The van der Waals surface area contributed by atoms with Crippen molar-refractivity contribution < 1.29 is 14.3 Å². The number of hydrogen-bond acceptors (Lipinski definition) is 7. The fourth-order valence-corrected chi connectivity index (χ4v) is 4.27. The third-order valence-electron chi connectivity index (χ3n) is 4.81. The Morgan fingerprint density at radius 3 is 2.59 bits per heavy atom. The van der Waals surface area contributed by atoms with Gasteiger partial charge in [0, 0.05) is 11.4 Å². The molecule has 2 N–H and O–H groups in total. The second-order valence-electron chi connectivity index (χ2n) is 6.70. The molecule has 0 amide bonds. The smallest absolute Gasteiger partial charge is 0.336 e. The number of fused-ring (bicyclic) bond motifs is 1. The Morgan fingerprint density at radius 2 is 1.97 bits per heavy atom. The van der Waals surface area contributed by atoms with E-state index in [2.05, 4.69) is 22.2 Å². The number of rotatable bonds is 7. The van der Waals surface area contributed by atoms with Gasteiger partial charge in [-0.05, 0) is 31.0 Å². The Kier molecular flexibility index (Phi) is 6.64. The fourth-order valence-electron chi connectivity index (χ4n) is 3.32. The average molecular weight is 416 g/mol. The first-order valence-corrected chi connectivity index (χ1v) is 10.5. The predicted molar refractivity (Wildman–Crippen MR) is 114 cm³/mol. The van der Waals surface area contributed by atoms with Crippen molar-refractivity contribution in [2.75, 3.05) is 25.3 Å². The molecule has 0 saturated heterocycles. The van der Waals surface area contributed by atoms with E-state index in [9.17, 15) is 9.59 Å². The Bertz CT molecular complexity index is 982. The zero-order valence-electron chi connectivity index (χ0n) is 17.0. The number of hydrogen-bond donors (Lipinski definition) is 2. The number of anilines is 1. The van der Waals surface area contributed by atoms with E-state index in [1.54, 1.807) is 26.2 Å². The Morgan fingerprint density at radius 1 is 1.24 bits per heavy atom. The average Bonchev–Trinajstić information content (AvgIpc) is 2.72. The molecule has 154 valence electrons. The van der Waals surface area contributed by atoms with Crippen LogP contribution in [0, 0.1) is 0 Å². The number of unbranched alkanes of at least 4 members (excludes halogenated alkanes) is 1. The number of allylic oxidation sites excluding steroid dienone is 1. The quantitative estimate of drug-likeness (QED) is 0.308. The molecule has 1 unspecified atom stereocenters. The van der Waals surface area contributed by atoms with Crippen LogP contribution in [0.1, 0.15) is 43.7 Å². The summed E-state index contributed by atoms with van der Waals surface area (Å²) in [4.78, 5) is 33.1. The van der Waals surface area contributed by atoms with E-state index in [1.165, 1.54) is 18.9 Å². The highest BCUT2D eigenvalue weighted by atomic mass is 32.2. The molecule has 3 rings (SSSR count). The predicted octanol–water partition coefficient (Wildman–Crippen LogP) is 3.68. The van der Waals surface area contributed by atoms with Crippen LogP contribution in [0.4, 0.5) is 5.82 Å². The fraction of sp³-hybridized carbons (Fsp3) is 0.381. The van der Waals surface area contributed by atoms with Gasteiger partial charge in [-0.25, -0.2) is 9.78 Å². The lowest BCUT2D eigenvalue weighted by molar-refractivity contribution is -0.136. The summed E-state index contributed by atoms with van der Waals surface area (Å²) >= 11 is 1.52. The summed E-state index contributed by atoms with van der Waals surface area (Å²) in [6.45, 7) is 3.91. The number of aromatic amines is 1. The lowest BCUT2D eigenvalue weighted by Gasteiger charge is -2.28. The number of H-pyrrole nitrogens is 1.